The summed E-state index contributed by atoms with van der Waals surface area (Å²) in [5.74, 6) is 1.65. The van der Waals surface area contributed by atoms with Crippen LogP contribution >= 0.6 is 0 Å². The van der Waals surface area contributed by atoms with Gasteiger partial charge in [0, 0.05) is 61.8 Å². The number of hydrogen-bond donors (Lipinski definition) is 1. The van der Waals surface area contributed by atoms with Crippen LogP contribution in [0.15, 0.2) is 24.3 Å². The minimum absolute atomic E-state index is 0.482. The summed E-state index contributed by atoms with van der Waals surface area (Å²) in [5.41, 5.74) is 4.30. The van der Waals surface area contributed by atoms with Crippen LogP contribution in [-0.2, 0) is 16.1 Å². The molecule has 8 heteroatoms. The van der Waals surface area contributed by atoms with Crippen molar-refractivity contribution in [2.45, 2.75) is 39.7 Å². The van der Waals surface area contributed by atoms with Crippen molar-refractivity contribution < 1.29 is 9.47 Å². The van der Waals surface area contributed by atoms with Crippen LogP contribution in [0.4, 0.5) is 11.5 Å². The fourth-order valence-electron chi connectivity index (χ4n) is 4.88. The van der Waals surface area contributed by atoms with Gasteiger partial charge in [-0.1, -0.05) is 0 Å². The van der Waals surface area contributed by atoms with Crippen LogP contribution in [0.3, 0.4) is 0 Å². The molecule has 1 aromatic heterocycles. The molecule has 0 aliphatic carbocycles. The molecule has 0 unspecified atom stereocenters. The molecule has 0 bridgehead atoms. The Morgan fingerprint density at radius 2 is 1.64 bits per heavy atom. The number of anilines is 2. The maximum absolute atomic E-state index is 5.90. The number of nitrogens with one attached hydrogen (secondary N) is 1. The van der Waals surface area contributed by atoms with E-state index in [9.17, 15) is 0 Å². The van der Waals surface area contributed by atoms with Gasteiger partial charge in [-0.25, -0.2) is 9.97 Å². The van der Waals surface area contributed by atoms with E-state index < -0.39 is 0 Å². The van der Waals surface area contributed by atoms with Gasteiger partial charge in [0.05, 0.1) is 19.8 Å². The fourth-order valence-corrected chi connectivity index (χ4v) is 4.88. The molecule has 0 radical (unpaired) electrons. The number of piperazine rings is 1. The molecule has 3 heterocycles. The fraction of sp³-hybridized carbons (Fsp3) is 0.643. The highest BCUT2D eigenvalue weighted by molar-refractivity contribution is 5.63. The van der Waals surface area contributed by atoms with E-state index in [1.165, 1.54) is 31.6 Å². The van der Waals surface area contributed by atoms with Crippen molar-refractivity contribution in [2.24, 2.45) is 0 Å². The number of aryl methyl sites for hydroxylation is 1. The summed E-state index contributed by atoms with van der Waals surface area (Å²) in [7, 11) is 2.19. The third kappa shape index (κ3) is 7.62. The van der Waals surface area contributed by atoms with Gasteiger partial charge in [-0.3, -0.25) is 0 Å². The van der Waals surface area contributed by atoms with Gasteiger partial charge in [0.2, 0.25) is 0 Å². The van der Waals surface area contributed by atoms with Gasteiger partial charge in [-0.05, 0) is 84.1 Å². The summed E-state index contributed by atoms with van der Waals surface area (Å²) in [6.07, 6.45) is 3.76. The highest BCUT2D eigenvalue weighted by Crippen LogP contribution is 2.26. The summed E-state index contributed by atoms with van der Waals surface area (Å²) >= 11 is 0. The first-order valence-corrected chi connectivity index (χ1v) is 13.7. The molecule has 2 fully saturated rings. The number of likely N-dealkylation sites (tertiary alicyclic amines) is 1. The molecule has 2 aliphatic rings. The molecule has 0 spiro atoms. The predicted molar refractivity (Wildman–Crippen MR) is 147 cm³/mol. The first-order chi connectivity index (χ1) is 17.6. The number of rotatable bonds is 13. The zero-order chi connectivity index (χ0) is 25.2. The van der Waals surface area contributed by atoms with Crippen molar-refractivity contribution in [3.05, 3.63) is 35.5 Å². The molecular formula is C28H44N6O2. The average Bonchev–Trinajstić information content (AvgIpc) is 3.42. The first kappa shape index (κ1) is 26.8. The second-order valence-electron chi connectivity index (χ2n) is 9.88. The molecule has 198 valence electrons. The van der Waals surface area contributed by atoms with Gasteiger partial charge in [0.25, 0.3) is 0 Å². The summed E-state index contributed by atoms with van der Waals surface area (Å²) in [6.45, 7) is 15.2. The van der Waals surface area contributed by atoms with Gasteiger partial charge in [-0.15, -0.1) is 0 Å². The SMILES string of the molecule is CCOCCOCc1c(C)nc(-c2ccc(N3CCN(C)CC3)cc2)nc1NCCCN1CCCC1. The molecular weight excluding hydrogens is 452 g/mol. The monoisotopic (exact) mass is 496 g/mol. The third-order valence-electron chi connectivity index (χ3n) is 7.17. The standard InChI is InChI=1S/C28H44N6O2/c1-4-35-20-21-36-22-26-23(2)30-27(31-28(26)29-12-7-15-33-13-5-6-14-33)24-8-10-25(11-9-24)34-18-16-32(3)17-19-34/h8-11H,4-7,12-22H2,1-3H3,(H,29,30,31). The zero-order valence-electron chi connectivity index (χ0n) is 22.5. The van der Waals surface area contributed by atoms with Crippen LogP contribution in [0.25, 0.3) is 11.4 Å². The Bertz CT molecular complexity index is 924. The van der Waals surface area contributed by atoms with E-state index in [-0.39, 0.29) is 0 Å². The topological polar surface area (TPSA) is 66.0 Å². The lowest BCUT2D eigenvalue weighted by Crippen LogP contribution is -2.44. The van der Waals surface area contributed by atoms with Crippen LogP contribution in [0.5, 0.6) is 0 Å². The molecule has 36 heavy (non-hydrogen) atoms. The molecule has 4 rings (SSSR count). The van der Waals surface area contributed by atoms with Gasteiger partial charge >= 0.3 is 0 Å². The number of likely N-dealkylation sites (N-methyl/N-ethyl adjacent to an activating group) is 1. The van der Waals surface area contributed by atoms with Crippen LogP contribution in [0.2, 0.25) is 0 Å². The summed E-state index contributed by atoms with van der Waals surface area (Å²) in [4.78, 5) is 17.2. The van der Waals surface area contributed by atoms with E-state index in [2.05, 4.69) is 58.3 Å². The Labute approximate surface area is 217 Å². The van der Waals surface area contributed by atoms with Crippen molar-refractivity contribution in [3.8, 4) is 11.4 Å². The van der Waals surface area contributed by atoms with Crippen molar-refractivity contribution in [1.82, 2.24) is 19.8 Å². The van der Waals surface area contributed by atoms with Crippen molar-refractivity contribution >= 4 is 11.5 Å². The quantitative estimate of drug-likeness (QED) is 0.422. The number of aromatic nitrogens is 2. The number of nitrogens with zero attached hydrogens (tertiary/aromatic N) is 5. The molecule has 8 nitrogen and oxygen atoms in total. The van der Waals surface area contributed by atoms with E-state index in [0.29, 0.717) is 26.4 Å². The van der Waals surface area contributed by atoms with E-state index >= 15 is 0 Å². The molecule has 1 aromatic carbocycles. The van der Waals surface area contributed by atoms with Crippen LogP contribution in [-0.4, -0.2) is 99.0 Å². The maximum atomic E-state index is 5.90. The molecule has 2 saturated heterocycles. The molecule has 2 aromatic rings. The minimum atomic E-state index is 0.482. The van der Waals surface area contributed by atoms with E-state index in [4.69, 9.17) is 19.4 Å². The molecule has 0 atom stereocenters. The maximum Gasteiger partial charge on any atom is 0.161 e. The van der Waals surface area contributed by atoms with Crippen molar-refractivity contribution in [3.63, 3.8) is 0 Å². The highest BCUT2D eigenvalue weighted by Gasteiger charge is 2.17. The molecule has 0 amide bonds. The van der Waals surface area contributed by atoms with Crippen molar-refractivity contribution in [2.75, 3.05) is 89.4 Å². The lowest BCUT2D eigenvalue weighted by atomic mass is 10.1. The van der Waals surface area contributed by atoms with Gasteiger partial charge in [0.1, 0.15) is 5.82 Å². The number of ether oxygens (including phenoxy) is 2. The Morgan fingerprint density at radius 3 is 2.36 bits per heavy atom. The Balaban J connectivity index is 1.44. The number of benzene rings is 1. The highest BCUT2D eigenvalue weighted by atomic mass is 16.5. The lowest BCUT2D eigenvalue weighted by molar-refractivity contribution is 0.0451. The van der Waals surface area contributed by atoms with Gasteiger partial charge < -0.3 is 29.5 Å². The molecule has 0 saturated carbocycles. The zero-order valence-corrected chi connectivity index (χ0v) is 22.5. The van der Waals surface area contributed by atoms with Crippen LogP contribution in [0, 0.1) is 6.92 Å². The third-order valence-corrected chi connectivity index (χ3v) is 7.17. The molecule has 1 N–H and O–H groups in total. The molecule has 2 aliphatic heterocycles. The first-order valence-electron chi connectivity index (χ1n) is 13.7. The second kappa shape index (κ2) is 13.9. The Hall–Kier alpha value is -2.26. The summed E-state index contributed by atoms with van der Waals surface area (Å²) in [5, 5.41) is 3.61. The Kier molecular flexibility index (Phi) is 10.3. The van der Waals surface area contributed by atoms with E-state index in [0.717, 1.165) is 74.2 Å². The summed E-state index contributed by atoms with van der Waals surface area (Å²) < 4.78 is 11.3. The lowest BCUT2D eigenvalue weighted by Gasteiger charge is -2.34. The van der Waals surface area contributed by atoms with E-state index in [1.54, 1.807) is 0 Å². The predicted octanol–water partition coefficient (Wildman–Crippen LogP) is 3.65. The average molecular weight is 497 g/mol. The second-order valence-corrected chi connectivity index (χ2v) is 9.88. The summed E-state index contributed by atoms with van der Waals surface area (Å²) in [6, 6.07) is 8.70. The van der Waals surface area contributed by atoms with Gasteiger partial charge in [0.15, 0.2) is 5.82 Å². The Morgan fingerprint density at radius 1 is 0.917 bits per heavy atom. The smallest absolute Gasteiger partial charge is 0.161 e. The largest absolute Gasteiger partial charge is 0.379 e. The van der Waals surface area contributed by atoms with E-state index in [1.807, 2.05) is 6.92 Å². The van der Waals surface area contributed by atoms with Crippen molar-refractivity contribution in [1.29, 1.82) is 0 Å². The van der Waals surface area contributed by atoms with Crippen LogP contribution < -0.4 is 10.2 Å². The minimum Gasteiger partial charge on any atom is -0.379 e. The van der Waals surface area contributed by atoms with Crippen LogP contribution in [0.1, 0.15) is 37.4 Å². The van der Waals surface area contributed by atoms with Gasteiger partial charge in [-0.2, -0.15) is 0 Å². The number of hydrogen-bond acceptors (Lipinski definition) is 8. The normalized spacial score (nSPS) is 17.1.